The Morgan fingerprint density at radius 1 is 1.38 bits per heavy atom. The molecule has 1 aromatic heterocycles. The van der Waals surface area contributed by atoms with Gasteiger partial charge in [-0.1, -0.05) is 39.0 Å². The van der Waals surface area contributed by atoms with Crippen LogP contribution < -0.4 is 11.1 Å². The lowest BCUT2D eigenvalue weighted by Crippen LogP contribution is -2.45. The molecule has 0 aliphatic heterocycles. The fourth-order valence-electron chi connectivity index (χ4n) is 2.04. The van der Waals surface area contributed by atoms with Crippen molar-refractivity contribution < 1.29 is 9.18 Å². The molecule has 1 atom stereocenters. The average molecular weight is 372 g/mol. The van der Waals surface area contributed by atoms with Gasteiger partial charge in [0.25, 0.3) is 0 Å². The van der Waals surface area contributed by atoms with Crippen LogP contribution >= 0.6 is 23.7 Å². The van der Waals surface area contributed by atoms with E-state index in [-0.39, 0.29) is 29.5 Å². The van der Waals surface area contributed by atoms with Gasteiger partial charge in [0.15, 0.2) is 5.13 Å². The second-order valence-electron chi connectivity index (χ2n) is 6.63. The van der Waals surface area contributed by atoms with Crippen LogP contribution in [0, 0.1) is 18.2 Å². The number of carbonyl (C=O) groups is 1. The molecule has 0 bridgehead atoms. The number of carbonyl (C=O) groups excluding carboxylic acids is 1. The van der Waals surface area contributed by atoms with Crippen molar-refractivity contribution in [2.24, 2.45) is 11.1 Å². The molecule has 2 aromatic rings. The smallest absolute Gasteiger partial charge is 0.243 e. The van der Waals surface area contributed by atoms with Crippen molar-refractivity contribution in [1.29, 1.82) is 0 Å². The second-order valence-corrected chi connectivity index (χ2v) is 7.71. The van der Waals surface area contributed by atoms with Crippen LogP contribution in [0.25, 0.3) is 0 Å². The fourth-order valence-corrected chi connectivity index (χ4v) is 3.03. The molecule has 4 nitrogen and oxygen atoms in total. The molecule has 0 fully saturated rings. The van der Waals surface area contributed by atoms with Gasteiger partial charge in [0, 0.05) is 11.3 Å². The maximum absolute atomic E-state index is 13.8. The van der Waals surface area contributed by atoms with Gasteiger partial charge < -0.3 is 11.1 Å². The Labute approximate surface area is 152 Å². The fraction of sp³-hybridized carbons (Fsp3) is 0.412. The quantitative estimate of drug-likeness (QED) is 0.856. The summed E-state index contributed by atoms with van der Waals surface area (Å²) in [5.41, 5.74) is 7.02. The van der Waals surface area contributed by atoms with Gasteiger partial charge >= 0.3 is 0 Å². The van der Waals surface area contributed by atoms with E-state index in [0.29, 0.717) is 17.1 Å². The summed E-state index contributed by atoms with van der Waals surface area (Å²) in [6.07, 6.45) is 0.456. The number of nitrogens with two attached hydrogens (primary N) is 1. The summed E-state index contributed by atoms with van der Waals surface area (Å²) >= 11 is 1.35. The van der Waals surface area contributed by atoms with Gasteiger partial charge in [0.2, 0.25) is 5.91 Å². The van der Waals surface area contributed by atoms with Crippen LogP contribution in [0.5, 0.6) is 0 Å². The first kappa shape index (κ1) is 20.5. The van der Waals surface area contributed by atoms with E-state index < -0.39 is 6.04 Å². The molecule has 0 aliphatic rings. The van der Waals surface area contributed by atoms with E-state index in [4.69, 9.17) is 5.73 Å². The van der Waals surface area contributed by atoms with E-state index in [1.54, 1.807) is 18.2 Å². The van der Waals surface area contributed by atoms with E-state index in [0.717, 1.165) is 10.6 Å². The van der Waals surface area contributed by atoms with Crippen LogP contribution in [0.15, 0.2) is 24.3 Å². The Morgan fingerprint density at radius 2 is 2.00 bits per heavy atom. The average Bonchev–Trinajstić information content (AvgIpc) is 2.79. The lowest BCUT2D eigenvalue weighted by Gasteiger charge is -2.25. The summed E-state index contributed by atoms with van der Waals surface area (Å²) in [6.45, 7) is 7.59. The maximum Gasteiger partial charge on any atom is 0.243 e. The minimum absolute atomic E-state index is 0. The number of halogens is 2. The minimum Gasteiger partial charge on any atom is -0.319 e. The SMILES string of the molecule is Cc1nc(NC(=O)[C@@H](N)C(C)(C)C)sc1Cc1ccccc1F.Cl. The topological polar surface area (TPSA) is 68.0 Å². The zero-order valence-electron chi connectivity index (χ0n) is 14.2. The van der Waals surface area contributed by atoms with Crippen molar-refractivity contribution in [1.82, 2.24) is 4.98 Å². The van der Waals surface area contributed by atoms with Crippen LogP contribution in [0.2, 0.25) is 0 Å². The number of anilines is 1. The number of hydrogen-bond acceptors (Lipinski definition) is 4. The Hall–Kier alpha value is -1.50. The first-order valence-corrected chi connectivity index (χ1v) is 8.26. The minimum atomic E-state index is -0.623. The number of amides is 1. The summed E-state index contributed by atoms with van der Waals surface area (Å²) in [5, 5.41) is 3.26. The first-order valence-electron chi connectivity index (χ1n) is 7.44. The number of nitrogens with zero attached hydrogens (tertiary/aromatic N) is 1. The Balaban J connectivity index is 0.00000288. The molecule has 0 saturated carbocycles. The highest BCUT2D eigenvalue weighted by Crippen LogP contribution is 2.27. The number of aromatic nitrogens is 1. The molecule has 132 valence electrons. The highest BCUT2D eigenvalue weighted by Gasteiger charge is 2.28. The third kappa shape index (κ3) is 5.00. The van der Waals surface area contributed by atoms with Crippen LogP contribution in [0.1, 0.15) is 36.9 Å². The van der Waals surface area contributed by atoms with E-state index in [2.05, 4.69) is 10.3 Å². The normalized spacial score (nSPS) is 12.4. The van der Waals surface area contributed by atoms with Crippen molar-refractivity contribution >= 4 is 34.8 Å². The van der Waals surface area contributed by atoms with Gasteiger partial charge in [0.05, 0.1) is 11.7 Å². The van der Waals surface area contributed by atoms with E-state index >= 15 is 0 Å². The number of nitrogens with one attached hydrogen (secondary N) is 1. The summed E-state index contributed by atoms with van der Waals surface area (Å²) in [7, 11) is 0. The third-order valence-corrected chi connectivity index (χ3v) is 4.72. The van der Waals surface area contributed by atoms with E-state index in [1.807, 2.05) is 27.7 Å². The largest absolute Gasteiger partial charge is 0.319 e. The van der Waals surface area contributed by atoms with Crippen molar-refractivity contribution in [3.63, 3.8) is 0 Å². The predicted octanol–water partition coefficient (Wildman–Crippen LogP) is 3.92. The van der Waals surface area contributed by atoms with Crippen molar-refractivity contribution in [2.75, 3.05) is 5.32 Å². The molecule has 2 rings (SSSR count). The van der Waals surface area contributed by atoms with Gasteiger partial charge in [-0.05, 0) is 24.0 Å². The van der Waals surface area contributed by atoms with Gasteiger partial charge in [-0.3, -0.25) is 4.79 Å². The van der Waals surface area contributed by atoms with Crippen molar-refractivity contribution in [3.05, 3.63) is 46.2 Å². The molecule has 1 amide bonds. The zero-order valence-corrected chi connectivity index (χ0v) is 15.9. The molecule has 3 N–H and O–H groups in total. The van der Waals surface area contributed by atoms with Crippen molar-refractivity contribution in [3.8, 4) is 0 Å². The molecule has 1 heterocycles. The van der Waals surface area contributed by atoms with Crippen LogP contribution in [0.3, 0.4) is 0 Å². The van der Waals surface area contributed by atoms with Gasteiger partial charge in [0.1, 0.15) is 5.82 Å². The molecular weight excluding hydrogens is 349 g/mol. The maximum atomic E-state index is 13.8. The Bertz CT molecular complexity index is 712. The number of rotatable bonds is 4. The number of thiazole rings is 1. The van der Waals surface area contributed by atoms with Gasteiger partial charge in [-0.2, -0.15) is 0 Å². The van der Waals surface area contributed by atoms with Crippen LogP contribution in [-0.2, 0) is 11.2 Å². The summed E-state index contributed by atoms with van der Waals surface area (Å²) in [6, 6.07) is 6.04. The summed E-state index contributed by atoms with van der Waals surface area (Å²) in [5.74, 6) is -0.496. The molecule has 0 aliphatic carbocycles. The van der Waals surface area contributed by atoms with Crippen LogP contribution in [-0.4, -0.2) is 16.9 Å². The van der Waals surface area contributed by atoms with Gasteiger partial charge in [-0.15, -0.1) is 23.7 Å². The Kier molecular flexibility index (Phi) is 6.89. The first-order chi connectivity index (χ1) is 10.7. The van der Waals surface area contributed by atoms with Crippen LogP contribution in [0.4, 0.5) is 9.52 Å². The lowest BCUT2D eigenvalue weighted by atomic mass is 9.87. The standard InChI is InChI=1S/C17H22FN3OS.ClH/c1-10-13(9-11-7-5-6-8-12(11)18)23-16(20-10)21-15(22)14(19)17(2,3)4;/h5-8,14H,9,19H2,1-4H3,(H,20,21,22);1H/t14-;/m1./s1. The molecule has 0 saturated heterocycles. The number of benzene rings is 1. The monoisotopic (exact) mass is 371 g/mol. The third-order valence-electron chi connectivity index (χ3n) is 3.65. The highest BCUT2D eigenvalue weighted by atomic mass is 35.5. The molecule has 0 spiro atoms. The zero-order chi connectivity index (χ0) is 17.2. The molecule has 0 unspecified atom stereocenters. The highest BCUT2D eigenvalue weighted by molar-refractivity contribution is 7.15. The number of aryl methyl sites for hydroxylation is 1. The number of hydrogen-bond donors (Lipinski definition) is 2. The predicted molar refractivity (Wildman–Crippen MR) is 99.4 cm³/mol. The van der Waals surface area contributed by atoms with Gasteiger partial charge in [-0.25, -0.2) is 9.37 Å². The Morgan fingerprint density at radius 3 is 2.58 bits per heavy atom. The van der Waals surface area contributed by atoms with E-state index in [9.17, 15) is 9.18 Å². The van der Waals surface area contributed by atoms with E-state index in [1.165, 1.54) is 17.4 Å². The second kappa shape index (κ2) is 8.05. The molecule has 7 heteroatoms. The molecule has 0 radical (unpaired) electrons. The lowest BCUT2D eigenvalue weighted by molar-refractivity contribution is -0.119. The molecule has 1 aromatic carbocycles. The summed E-state index contributed by atoms with van der Waals surface area (Å²) in [4.78, 5) is 17.4. The molecule has 24 heavy (non-hydrogen) atoms. The molecular formula is C17H23ClFN3OS. The summed E-state index contributed by atoms with van der Waals surface area (Å²) < 4.78 is 13.8. The van der Waals surface area contributed by atoms with Crippen molar-refractivity contribution in [2.45, 2.75) is 40.2 Å².